The van der Waals surface area contributed by atoms with Gasteiger partial charge in [0.1, 0.15) is 5.69 Å². The van der Waals surface area contributed by atoms with E-state index in [1.165, 1.54) is 0 Å². The molecule has 0 amide bonds. The SMILES string of the molecule is CCOC(=O)c1n[nH]c(C=O)c1Br. The summed E-state index contributed by atoms with van der Waals surface area (Å²) in [6, 6.07) is 0. The molecule has 0 spiro atoms. The Kier molecular flexibility index (Phi) is 3.18. The number of esters is 1. The highest BCUT2D eigenvalue weighted by molar-refractivity contribution is 9.10. The molecule has 0 aromatic carbocycles. The van der Waals surface area contributed by atoms with Crippen molar-refractivity contribution in [1.82, 2.24) is 10.2 Å². The third kappa shape index (κ3) is 1.95. The van der Waals surface area contributed by atoms with Crippen LogP contribution in [0.5, 0.6) is 0 Å². The predicted octanol–water partition coefficient (Wildman–Crippen LogP) is 1.16. The Bertz CT molecular complexity index is 334. The van der Waals surface area contributed by atoms with Crippen LogP contribution in [0.25, 0.3) is 0 Å². The summed E-state index contributed by atoms with van der Waals surface area (Å²) < 4.78 is 5.03. The topological polar surface area (TPSA) is 72.0 Å². The second kappa shape index (κ2) is 4.18. The third-order valence-electron chi connectivity index (χ3n) is 1.32. The third-order valence-corrected chi connectivity index (χ3v) is 2.12. The molecule has 6 heteroatoms. The summed E-state index contributed by atoms with van der Waals surface area (Å²) >= 11 is 3.06. The zero-order valence-corrected chi connectivity index (χ0v) is 8.42. The van der Waals surface area contributed by atoms with Crippen LogP contribution in [0.3, 0.4) is 0 Å². The molecule has 0 fully saturated rings. The van der Waals surface area contributed by atoms with Crippen molar-refractivity contribution in [3.05, 3.63) is 15.9 Å². The monoisotopic (exact) mass is 246 g/mol. The first-order valence-electron chi connectivity index (χ1n) is 3.56. The van der Waals surface area contributed by atoms with Crippen molar-refractivity contribution >= 4 is 28.2 Å². The van der Waals surface area contributed by atoms with E-state index in [1.807, 2.05) is 0 Å². The molecule has 0 aliphatic carbocycles. The van der Waals surface area contributed by atoms with Gasteiger partial charge in [-0.2, -0.15) is 5.10 Å². The molecule has 0 aliphatic heterocycles. The van der Waals surface area contributed by atoms with Crippen LogP contribution < -0.4 is 0 Å². The lowest BCUT2D eigenvalue weighted by atomic mass is 10.4. The van der Waals surface area contributed by atoms with E-state index in [-0.39, 0.29) is 18.0 Å². The Morgan fingerprint density at radius 1 is 1.77 bits per heavy atom. The fourth-order valence-corrected chi connectivity index (χ4v) is 1.19. The van der Waals surface area contributed by atoms with Gasteiger partial charge in [0, 0.05) is 0 Å². The standard InChI is InChI=1S/C7H7BrN2O3/c1-2-13-7(12)6-5(8)4(3-11)9-10-6/h3H,2H2,1H3,(H,9,10). The van der Waals surface area contributed by atoms with Crippen molar-refractivity contribution in [2.75, 3.05) is 6.61 Å². The average Bonchev–Trinajstić information content (AvgIpc) is 2.47. The first kappa shape index (κ1) is 9.91. The molecule has 1 rings (SSSR count). The minimum Gasteiger partial charge on any atom is -0.461 e. The van der Waals surface area contributed by atoms with E-state index < -0.39 is 5.97 Å². The van der Waals surface area contributed by atoms with Crippen LogP contribution in [0.4, 0.5) is 0 Å². The quantitative estimate of drug-likeness (QED) is 0.642. The number of aromatic amines is 1. The minimum absolute atomic E-state index is 0.0870. The molecule has 70 valence electrons. The molecule has 0 saturated carbocycles. The molecule has 13 heavy (non-hydrogen) atoms. The van der Waals surface area contributed by atoms with E-state index in [4.69, 9.17) is 4.74 Å². The lowest BCUT2D eigenvalue weighted by molar-refractivity contribution is 0.0518. The molecule has 0 radical (unpaired) electrons. The molecule has 1 N–H and O–H groups in total. The van der Waals surface area contributed by atoms with Crippen LogP contribution in [0, 0.1) is 0 Å². The van der Waals surface area contributed by atoms with Crippen LogP contribution in [0.15, 0.2) is 4.47 Å². The average molecular weight is 247 g/mol. The molecule has 0 aliphatic rings. The molecule has 1 aromatic heterocycles. The van der Waals surface area contributed by atoms with Crippen LogP contribution in [0.2, 0.25) is 0 Å². The van der Waals surface area contributed by atoms with Gasteiger partial charge in [-0.25, -0.2) is 4.79 Å². The summed E-state index contributed by atoms with van der Waals surface area (Å²) in [6.07, 6.45) is 0.569. The van der Waals surface area contributed by atoms with Crippen molar-refractivity contribution in [1.29, 1.82) is 0 Å². The van der Waals surface area contributed by atoms with Crippen molar-refractivity contribution < 1.29 is 14.3 Å². The number of carbonyl (C=O) groups excluding carboxylic acids is 2. The Hall–Kier alpha value is -1.17. The maximum absolute atomic E-state index is 11.1. The maximum Gasteiger partial charge on any atom is 0.360 e. The highest BCUT2D eigenvalue weighted by Crippen LogP contribution is 2.18. The van der Waals surface area contributed by atoms with Gasteiger partial charge in [0.25, 0.3) is 0 Å². The Morgan fingerprint density at radius 3 is 2.92 bits per heavy atom. The largest absolute Gasteiger partial charge is 0.461 e. The van der Waals surface area contributed by atoms with E-state index in [9.17, 15) is 9.59 Å². The normalized spacial score (nSPS) is 9.69. The number of carbonyl (C=O) groups is 2. The lowest BCUT2D eigenvalue weighted by Gasteiger charge is -1.96. The summed E-state index contributed by atoms with van der Waals surface area (Å²) in [5.74, 6) is -0.557. The number of hydrogen-bond donors (Lipinski definition) is 1. The van der Waals surface area contributed by atoms with Gasteiger partial charge in [-0.3, -0.25) is 9.89 Å². The van der Waals surface area contributed by atoms with Gasteiger partial charge in [-0.1, -0.05) is 0 Å². The van der Waals surface area contributed by atoms with E-state index in [2.05, 4.69) is 26.1 Å². The number of H-pyrrole nitrogens is 1. The molecule has 0 atom stereocenters. The Balaban J connectivity index is 2.95. The summed E-state index contributed by atoms with van der Waals surface area (Å²) in [5, 5.41) is 6.02. The Labute approximate surface area is 82.6 Å². The Morgan fingerprint density at radius 2 is 2.46 bits per heavy atom. The van der Waals surface area contributed by atoms with Gasteiger partial charge >= 0.3 is 5.97 Å². The van der Waals surface area contributed by atoms with Gasteiger partial charge in [-0.05, 0) is 22.9 Å². The van der Waals surface area contributed by atoms with E-state index in [0.717, 1.165) is 0 Å². The van der Waals surface area contributed by atoms with Gasteiger partial charge < -0.3 is 4.74 Å². The van der Waals surface area contributed by atoms with Crippen LogP contribution in [-0.4, -0.2) is 29.1 Å². The second-order valence-corrected chi connectivity index (χ2v) is 2.93. The van der Waals surface area contributed by atoms with Gasteiger partial charge in [0.15, 0.2) is 12.0 Å². The molecule has 1 aromatic rings. The molecule has 0 saturated heterocycles. The van der Waals surface area contributed by atoms with Gasteiger partial charge in [0.05, 0.1) is 11.1 Å². The number of aromatic nitrogens is 2. The predicted molar refractivity (Wildman–Crippen MR) is 47.6 cm³/mol. The molecule has 0 bridgehead atoms. The molecular weight excluding hydrogens is 240 g/mol. The zero-order chi connectivity index (χ0) is 9.84. The van der Waals surface area contributed by atoms with Crippen LogP contribution in [-0.2, 0) is 4.74 Å². The maximum atomic E-state index is 11.1. The summed E-state index contributed by atoms with van der Waals surface area (Å²) in [4.78, 5) is 21.5. The van der Waals surface area contributed by atoms with Crippen LogP contribution >= 0.6 is 15.9 Å². The van der Waals surface area contributed by atoms with Crippen molar-refractivity contribution in [3.63, 3.8) is 0 Å². The number of hydrogen-bond acceptors (Lipinski definition) is 4. The van der Waals surface area contributed by atoms with Gasteiger partial charge in [0.2, 0.25) is 0 Å². The lowest BCUT2D eigenvalue weighted by Crippen LogP contribution is -2.05. The minimum atomic E-state index is -0.557. The highest BCUT2D eigenvalue weighted by Gasteiger charge is 2.17. The molecular formula is C7H7BrN2O3. The summed E-state index contributed by atoms with van der Waals surface area (Å²) in [5.41, 5.74) is 0.312. The summed E-state index contributed by atoms with van der Waals surface area (Å²) in [6.45, 7) is 1.97. The number of nitrogens with zero attached hydrogens (tertiary/aromatic N) is 1. The molecule has 0 unspecified atom stereocenters. The number of halogens is 1. The first-order chi connectivity index (χ1) is 6.20. The van der Waals surface area contributed by atoms with Crippen molar-refractivity contribution in [2.24, 2.45) is 0 Å². The number of nitrogens with one attached hydrogen (secondary N) is 1. The van der Waals surface area contributed by atoms with Crippen molar-refractivity contribution in [3.8, 4) is 0 Å². The zero-order valence-electron chi connectivity index (χ0n) is 6.83. The van der Waals surface area contributed by atoms with Gasteiger partial charge in [-0.15, -0.1) is 0 Å². The van der Waals surface area contributed by atoms with E-state index >= 15 is 0 Å². The van der Waals surface area contributed by atoms with E-state index in [0.29, 0.717) is 10.8 Å². The fraction of sp³-hybridized carbons (Fsp3) is 0.286. The molecule has 1 heterocycles. The smallest absolute Gasteiger partial charge is 0.360 e. The number of aldehydes is 1. The summed E-state index contributed by atoms with van der Waals surface area (Å²) in [7, 11) is 0. The second-order valence-electron chi connectivity index (χ2n) is 2.14. The number of rotatable bonds is 3. The van der Waals surface area contributed by atoms with Crippen LogP contribution in [0.1, 0.15) is 27.9 Å². The fourth-order valence-electron chi connectivity index (χ4n) is 0.755. The first-order valence-corrected chi connectivity index (χ1v) is 4.36. The highest BCUT2D eigenvalue weighted by atomic mass is 79.9. The number of ether oxygens (including phenoxy) is 1. The van der Waals surface area contributed by atoms with E-state index in [1.54, 1.807) is 6.92 Å². The molecule has 5 nitrogen and oxygen atoms in total. The van der Waals surface area contributed by atoms with Crippen molar-refractivity contribution in [2.45, 2.75) is 6.92 Å².